The largest absolute Gasteiger partial charge is 0.236 e. The molecule has 0 unspecified atom stereocenters. The zero-order valence-corrected chi connectivity index (χ0v) is 7.62. The van der Waals surface area contributed by atoms with Crippen molar-refractivity contribution >= 4 is 11.6 Å². The third kappa shape index (κ3) is 1.87. The Labute approximate surface area is 83.4 Å². The molecule has 0 bridgehead atoms. The maximum Gasteiger partial charge on any atom is 0.129 e. The number of benzene rings is 1. The van der Waals surface area contributed by atoms with Crippen LogP contribution in [-0.2, 0) is 0 Å². The van der Waals surface area contributed by atoms with Gasteiger partial charge in [0.05, 0.1) is 7.06 Å². The molecule has 0 saturated carbocycles. The molecular formula is C11H8ClN. The van der Waals surface area contributed by atoms with Gasteiger partial charge in [-0.1, -0.05) is 48.0 Å². The first-order valence-electron chi connectivity index (χ1n) is 4.46. The summed E-state index contributed by atoms with van der Waals surface area (Å²) in [4.78, 5) is 4.15. The summed E-state index contributed by atoms with van der Waals surface area (Å²) in [6.45, 7) is 0. The average molecular weight is 191 g/mol. The molecule has 0 amide bonds. The summed E-state index contributed by atoms with van der Waals surface area (Å²) < 4.78 is 7.70. The van der Waals surface area contributed by atoms with E-state index in [-0.39, 0.29) is 0 Å². The normalized spacial score (nSPS) is 11.0. The molecule has 0 radical (unpaired) electrons. The first-order valence-corrected chi connectivity index (χ1v) is 4.34. The van der Waals surface area contributed by atoms with Gasteiger partial charge in [-0.15, -0.1) is 0 Å². The van der Waals surface area contributed by atoms with Gasteiger partial charge in [-0.3, -0.25) is 0 Å². The Balaban J connectivity index is 2.55. The molecule has 2 rings (SSSR count). The SMILES string of the molecule is [2H]c1ccccc1-c1cccc(Cl)n1. The Morgan fingerprint density at radius 2 is 2.00 bits per heavy atom. The van der Waals surface area contributed by atoms with Gasteiger partial charge in [0.1, 0.15) is 5.15 Å². The first-order chi connectivity index (χ1) is 6.77. The fraction of sp³-hybridized carbons (Fsp3) is 0. The van der Waals surface area contributed by atoms with E-state index in [1.807, 2.05) is 30.3 Å². The van der Waals surface area contributed by atoms with E-state index in [9.17, 15) is 0 Å². The van der Waals surface area contributed by atoms with Crippen molar-refractivity contribution in [3.8, 4) is 11.3 Å². The summed E-state index contributed by atoms with van der Waals surface area (Å²) in [6, 6.07) is 13.2. The average Bonchev–Trinajstić information content (AvgIpc) is 2.18. The molecule has 0 spiro atoms. The van der Waals surface area contributed by atoms with Gasteiger partial charge in [0.2, 0.25) is 0 Å². The van der Waals surface area contributed by atoms with Crippen LogP contribution >= 0.6 is 11.6 Å². The summed E-state index contributed by atoms with van der Waals surface area (Å²) in [6.07, 6.45) is 0. The molecular weight excluding hydrogens is 182 g/mol. The minimum absolute atomic E-state index is 0.450. The van der Waals surface area contributed by atoms with Crippen LogP contribution < -0.4 is 0 Å². The summed E-state index contributed by atoms with van der Waals surface area (Å²) in [5.41, 5.74) is 1.54. The Hall–Kier alpha value is -1.34. The highest BCUT2D eigenvalue weighted by Gasteiger charge is 1.97. The highest BCUT2D eigenvalue weighted by molar-refractivity contribution is 6.29. The maximum absolute atomic E-state index is 7.70. The molecule has 1 nitrogen and oxygen atoms in total. The van der Waals surface area contributed by atoms with Gasteiger partial charge in [-0.25, -0.2) is 4.98 Å². The third-order valence-corrected chi connectivity index (χ3v) is 1.91. The minimum atomic E-state index is 0.450. The number of nitrogens with zero attached hydrogens (tertiary/aromatic N) is 1. The van der Waals surface area contributed by atoms with Gasteiger partial charge in [0.25, 0.3) is 0 Å². The van der Waals surface area contributed by atoms with Crippen molar-refractivity contribution in [2.24, 2.45) is 0 Å². The van der Waals surface area contributed by atoms with Crippen LogP contribution in [0.4, 0.5) is 0 Å². The first kappa shape index (κ1) is 7.10. The smallest absolute Gasteiger partial charge is 0.129 e. The Morgan fingerprint density at radius 3 is 2.77 bits per heavy atom. The molecule has 0 aliphatic heterocycles. The number of hydrogen-bond donors (Lipinski definition) is 0. The van der Waals surface area contributed by atoms with Crippen LogP contribution in [0.2, 0.25) is 5.15 Å². The molecule has 0 aliphatic rings. The molecule has 0 saturated heterocycles. The van der Waals surface area contributed by atoms with Gasteiger partial charge in [0, 0.05) is 5.56 Å². The van der Waals surface area contributed by atoms with E-state index < -0.39 is 0 Å². The number of hydrogen-bond acceptors (Lipinski definition) is 1. The van der Waals surface area contributed by atoms with Crippen LogP contribution in [0.25, 0.3) is 11.3 Å². The van der Waals surface area contributed by atoms with E-state index in [0.717, 1.165) is 11.3 Å². The van der Waals surface area contributed by atoms with Gasteiger partial charge >= 0.3 is 0 Å². The van der Waals surface area contributed by atoms with Crippen LogP contribution in [0, 0.1) is 0 Å². The lowest BCUT2D eigenvalue weighted by Gasteiger charge is -1.99. The molecule has 1 aromatic heterocycles. The van der Waals surface area contributed by atoms with Crippen LogP contribution in [0.15, 0.2) is 48.5 Å². The van der Waals surface area contributed by atoms with Crippen LogP contribution in [-0.4, -0.2) is 4.98 Å². The van der Waals surface area contributed by atoms with E-state index in [1.165, 1.54) is 0 Å². The van der Waals surface area contributed by atoms with Crippen molar-refractivity contribution in [3.63, 3.8) is 0 Å². The molecule has 0 fully saturated rings. The van der Waals surface area contributed by atoms with E-state index in [1.54, 1.807) is 12.1 Å². The van der Waals surface area contributed by atoms with Gasteiger partial charge in [-0.05, 0) is 12.1 Å². The van der Waals surface area contributed by atoms with Crippen LogP contribution in [0.5, 0.6) is 0 Å². The third-order valence-electron chi connectivity index (χ3n) is 1.70. The Kier molecular flexibility index (Phi) is 1.96. The van der Waals surface area contributed by atoms with E-state index in [4.69, 9.17) is 13.0 Å². The Morgan fingerprint density at radius 1 is 1.08 bits per heavy atom. The highest BCUT2D eigenvalue weighted by atomic mass is 35.5. The molecule has 1 heterocycles. The minimum Gasteiger partial charge on any atom is -0.236 e. The topological polar surface area (TPSA) is 12.9 Å². The molecule has 1 aromatic carbocycles. The fourth-order valence-electron chi connectivity index (χ4n) is 1.11. The van der Waals surface area contributed by atoms with Gasteiger partial charge < -0.3 is 0 Å². The standard InChI is InChI=1S/C11H8ClN/c12-11-8-4-7-10(13-11)9-5-2-1-3-6-9/h1-8H/i5D. The molecule has 13 heavy (non-hydrogen) atoms. The lowest BCUT2D eigenvalue weighted by molar-refractivity contribution is 1.33. The van der Waals surface area contributed by atoms with Crippen LogP contribution in [0.3, 0.4) is 0 Å². The zero-order valence-electron chi connectivity index (χ0n) is 7.87. The highest BCUT2D eigenvalue weighted by Crippen LogP contribution is 2.17. The predicted octanol–water partition coefficient (Wildman–Crippen LogP) is 3.40. The summed E-state index contributed by atoms with van der Waals surface area (Å²) in [5, 5.41) is 0.450. The van der Waals surface area contributed by atoms with Crippen molar-refractivity contribution in [2.45, 2.75) is 0 Å². The van der Waals surface area contributed by atoms with Crippen molar-refractivity contribution in [1.82, 2.24) is 4.98 Å². The molecule has 2 heteroatoms. The molecule has 0 N–H and O–H groups in total. The van der Waals surface area contributed by atoms with Crippen molar-refractivity contribution in [1.29, 1.82) is 0 Å². The van der Waals surface area contributed by atoms with Crippen LogP contribution in [0.1, 0.15) is 1.37 Å². The number of halogens is 1. The second-order valence-corrected chi connectivity index (χ2v) is 3.01. The molecule has 0 atom stereocenters. The summed E-state index contributed by atoms with van der Waals surface area (Å²) in [5.74, 6) is 0. The second-order valence-electron chi connectivity index (χ2n) is 2.62. The van der Waals surface area contributed by atoms with E-state index >= 15 is 0 Å². The number of aromatic nitrogens is 1. The van der Waals surface area contributed by atoms with Gasteiger partial charge in [0.15, 0.2) is 0 Å². The lowest BCUT2D eigenvalue weighted by Crippen LogP contribution is -1.81. The van der Waals surface area contributed by atoms with Crippen molar-refractivity contribution < 1.29 is 1.37 Å². The number of pyridine rings is 1. The monoisotopic (exact) mass is 190 g/mol. The second kappa shape index (κ2) is 3.58. The Bertz CT molecular complexity index is 457. The van der Waals surface area contributed by atoms with E-state index in [0.29, 0.717) is 11.2 Å². The molecule has 2 aromatic rings. The summed E-state index contributed by atoms with van der Waals surface area (Å²) >= 11 is 5.77. The van der Waals surface area contributed by atoms with Crippen molar-refractivity contribution in [3.05, 3.63) is 53.7 Å². The quantitative estimate of drug-likeness (QED) is 0.628. The lowest BCUT2D eigenvalue weighted by atomic mass is 10.1. The maximum atomic E-state index is 7.70. The van der Waals surface area contributed by atoms with Crippen molar-refractivity contribution in [2.75, 3.05) is 0 Å². The molecule has 64 valence electrons. The number of rotatable bonds is 1. The predicted molar refractivity (Wildman–Crippen MR) is 54.7 cm³/mol. The zero-order chi connectivity index (χ0) is 9.97. The fourth-order valence-corrected chi connectivity index (χ4v) is 1.27. The van der Waals surface area contributed by atoms with E-state index in [2.05, 4.69) is 4.98 Å². The summed E-state index contributed by atoms with van der Waals surface area (Å²) in [7, 11) is 0. The van der Waals surface area contributed by atoms with Gasteiger partial charge in [-0.2, -0.15) is 0 Å². The molecule has 0 aliphatic carbocycles.